The summed E-state index contributed by atoms with van der Waals surface area (Å²) in [4.78, 5) is 12.3. The number of nitrogens with zero attached hydrogens (tertiary/aromatic N) is 1. The summed E-state index contributed by atoms with van der Waals surface area (Å²) in [6.45, 7) is 2.53. The molecule has 0 heterocycles. The van der Waals surface area contributed by atoms with Crippen molar-refractivity contribution in [2.45, 2.75) is 13.5 Å². The average molecular weight is 591 g/mol. The second kappa shape index (κ2) is 12.0. The Kier molecular flexibility index (Phi) is 9.29. The molecule has 5 nitrogen and oxygen atoms in total. The average Bonchev–Trinajstić information content (AvgIpc) is 2.75. The van der Waals surface area contributed by atoms with Gasteiger partial charge in [-0.25, -0.2) is 5.43 Å². The number of hydrogen-bond acceptors (Lipinski definition) is 4. The van der Waals surface area contributed by atoms with Gasteiger partial charge in [-0.1, -0.05) is 52.5 Å². The molecule has 172 valence electrons. The molecule has 0 aliphatic heterocycles. The standard InChI is InChI=1S/C23H17BrCl4N2O3/c1-2-32-21-7-14(11-29-30-23(31)17-6-5-16(26)9-20(17)28)18(24)10-22(21)33-12-13-3-4-15(25)8-19(13)27/h3-11H,2,12H2,1H3,(H,30,31)/b29-11-. The fourth-order valence-corrected chi connectivity index (χ4v) is 4.10. The summed E-state index contributed by atoms with van der Waals surface area (Å²) in [7, 11) is 0. The summed E-state index contributed by atoms with van der Waals surface area (Å²) < 4.78 is 12.3. The van der Waals surface area contributed by atoms with Gasteiger partial charge < -0.3 is 9.47 Å². The van der Waals surface area contributed by atoms with Gasteiger partial charge in [-0.3, -0.25) is 4.79 Å². The lowest BCUT2D eigenvalue weighted by Gasteiger charge is -2.14. The van der Waals surface area contributed by atoms with Crippen molar-refractivity contribution in [2.24, 2.45) is 5.10 Å². The van der Waals surface area contributed by atoms with Crippen molar-refractivity contribution in [3.8, 4) is 11.5 Å². The van der Waals surface area contributed by atoms with Gasteiger partial charge in [-0.05, 0) is 65.3 Å². The number of hydrogen-bond donors (Lipinski definition) is 1. The second-order valence-corrected chi connectivity index (χ2v) is 9.14. The summed E-state index contributed by atoms with van der Waals surface area (Å²) in [5.74, 6) is 0.567. The van der Waals surface area contributed by atoms with E-state index in [0.29, 0.717) is 43.2 Å². The summed E-state index contributed by atoms with van der Waals surface area (Å²) in [6, 6.07) is 13.3. The Hall–Kier alpha value is -1.96. The van der Waals surface area contributed by atoms with Crippen LogP contribution < -0.4 is 14.9 Å². The normalized spacial score (nSPS) is 11.0. The molecule has 0 saturated carbocycles. The molecule has 0 unspecified atom stereocenters. The molecule has 0 atom stereocenters. The molecule has 0 bridgehead atoms. The molecular formula is C23H17BrCl4N2O3. The van der Waals surface area contributed by atoms with Gasteiger partial charge in [0.25, 0.3) is 5.91 Å². The maximum Gasteiger partial charge on any atom is 0.272 e. The molecule has 33 heavy (non-hydrogen) atoms. The molecule has 0 saturated heterocycles. The van der Waals surface area contributed by atoms with Crippen LogP contribution in [0.5, 0.6) is 11.5 Å². The molecule has 0 spiro atoms. The van der Waals surface area contributed by atoms with Gasteiger partial charge in [0, 0.05) is 30.7 Å². The van der Waals surface area contributed by atoms with Crippen LogP contribution in [0.4, 0.5) is 0 Å². The first-order valence-electron chi connectivity index (χ1n) is 9.60. The number of amides is 1. The van der Waals surface area contributed by atoms with E-state index in [2.05, 4.69) is 26.5 Å². The topological polar surface area (TPSA) is 59.9 Å². The van der Waals surface area contributed by atoms with Crippen LogP contribution in [0.15, 0.2) is 58.1 Å². The van der Waals surface area contributed by atoms with Crippen molar-refractivity contribution in [1.82, 2.24) is 5.43 Å². The van der Waals surface area contributed by atoms with Crippen molar-refractivity contribution in [2.75, 3.05) is 6.61 Å². The number of carbonyl (C=O) groups is 1. The van der Waals surface area contributed by atoms with E-state index < -0.39 is 5.91 Å². The zero-order chi connectivity index (χ0) is 24.0. The fraction of sp³-hybridized carbons (Fsp3) is 0.130. The van der Waals surface area contributed by atoms with E-state index in [0.717, 1.165) is 5.56 Å². The fourth-order valence-electron chi connectivity index (χ4n) is 2.72. The van der Waals surface area contributed by atoms with E-state index in [-0.39, 0.29) is 17.2 Å². The van der Waals surface area contributed by atoms with Crippen LogP contribution in [0.25, 0.3) is 0 Å². The number of carbonyl (C=O) groups excluding carboxylic acids is 1. The van der Waals surface area contributed by atoms with Crippen LogP contribution in [0.1, 0.15) is 28.4 Å². The monoisotopic (exact) mass is 588 g/mol. The van der Waals surface area contributed by atoms with Crippen LogP contribution in [0, 0.1) is 0 Å². The Morgan fingerprint density at radius 3 is 2.30 bits per heavy atom. The van der Waals surface area contributed by atoms with E-state index in [9.17, 15) is 4.79 Å². The lowest BCUT2D eigenvalue weighted by atomic mass is 10.2. The van der Waals surface area contributed by atoms with E-state index in [1.54, 1.807) is 36.4 Å². The van der Waals surface area contributed by atoms with Crippen molar-refractivity contribution in [1.29, 1.82) is 0 Å². The van der Waals surface area contributed by atoms with Gasteiger partial charge in [0.15, 0.2) is 11.5 Å². The maximum atomic E-state index is 12.3. The summed E-state index contributed by atoms with van der Waals surface area (Å²) in [5, 5.41) is 5.75. The number of ether oxygens (including phenoxy) is 2. The molecule has 3 aromatic rings. The molecule has 0 aromatic heterocycles. The van der Waals surface area contributed by atoms with Crippen molar-refractivity contribution in [3.05, 3.63) is 89.8 Å². The largest absolute Gasteiger partial charge is 0.490 e. The third-order valence-corrected chi connectivity index (χ3v) is 6.13. The lowest BCUT2D eigenvalue weighted by Crippen LogP contribution is -2.18. The van der Waals surface area contributed by atoms with E-state index in [4.69, 9.17) is 55.9 Å². The van der Waals surface area contributed by atoms with Crippen LogP contribution in [-0.2, 0) is 6.61 Å². The molecule has 1 N–H and O–H groups in total. The molecule has 0 fully saturated rings. The third kappa shape index (κ3) is 7.01. The minimum Gasteiger partial charge on any atom is -0.490 e. The van der Waals surface area contributed by atoms with E-state index >= 15 is 0 Å². The zero-order valence-electron chi connectivity index (χ0n) is 17.2. The van der Waals surface area contributed by atoms with Gasteiger partial charge in [0.2, 0.25) is 0 Å². The Balaban J connectivity index is 1.74. The quantitative estimate of drug-likeness (QED) is 0.215. The highest BCUT2D eigenvalue weighted by Crippen LogP contribution is 2.34. The molecular weight excluding hydrogens is 574 g/mol. The van der Waals surface area contributed by atoms with Crippen LogP contribution in [-0.4, -0.2) is 18.7 Å². The van der Waals surface area contributed by atoms with E-state index in [1.807, 2.05) is 6.92 Å². The van der Waals surface area contributed by atoms with Gasteiger partial charge in [-0.15, -0.1) is 0 Å². The highest BCUT2D eigenvalue weighted by atomic mass is 79.9. The number of benzene rings is 3. The first-order valence-corrected chi connectivity index (χ1v) is 11.9. The van der Waals surface area contributed by atoms with Crippen LogP contribution in [0.2, 0.25) is 20.1 Å². The van der Waals surface area contributed by atoms with Crippen molar-refractivity contribution < 1.29 is 14.3 Å². The molecule has 1 amide bonds. The highest BCUT2D eigenvalue weighted by Gasteiger charge is 2.13. The van der Waals surface area contributed by atoms with Crippen LogP contribution in [0.3, 0.4) is 0 Å². The second-order valence-electron chi connectivity index (χ2n) is 6.60. The lowest BCUT2D eigenvalue weighted by molar-refractivity contribution is 0.0955. The molecule has 0 radical (unpaired) electrons. The number of hydrazone groups is 1. The Morgan fingerprint density at radius 2 is 1.64 bits per heavy atom. The number of halogens is 5. The van der Waals surface area contributed by atoms with Gasteiger partial charge in [-0.2, -0.15) is 5.10 Å². The summed E-state index contributed by atoms with van der Waals surface area (Å²) >= 11 is 27.6. The third-order valence-electron chi connectivity index (χ3n) is 4.31. The molecule has 0 aliphatic carbocycles. The molecule has 3 rings (SSSR count). The minimum absolute atomic E-state index is 0.230. The number of nitrogens with one attached hydrogen (secondary N) is 1. The summed E-state index contributed by atoms with van der Waals surface area (Å²) in [5.41, 5.74) is 4.15. The van der Waals surface area contributed by atoms with Gasteiger partial charge in [0.1, 0.15) is 6.61 Å². The van der Waals surface area contributed by atoms with Gasteiger partial charge >= 0.3 is 0 Å². The minimum atomic E-state index is -0.464. The predicted octanol–water partition coefficient (Wildman–Crippen LogP) is 7.80. The van der Waals surface area contributed by atoms with E-state index in [1.165, 1.54) is 18.3 Å². The van der Waals surface area contributed by atoms with Crippen molar-refractivity contribution in [3.63, 3.8) is 0 Å². The first-order chi connectivity index (χ1) is 15.8. The molecule has 3 aromatic carbocycles. The molecule has 10 heteroatoms. The predicted molar refractivity (Wildman–Crippen MR) is 138 cm³/mol. The SMILES string of the molecule is CCOc1cc(/C=N\NC(=O)c2ccc(Cl)cc2Cl)c(Br)cc1OCc1ccc(Cl)cc1Cl. The Bertz CT molecular complexity index is 1200. The zero-order valence-corrected chi connectivity index (χ0v) is 21.8. The summed E-state index contributed by atoms with van der Waals surface area (Å²) in [6.07, 6.45) is 1.48. The smallest absolute Gasteiger partial charge is 0.272 e. The van der Waals surface area contributed by atoms with Gasteiger partial charge in [0.05, 0.1) is 23.4 Å². The molecule has 0 aliphatic rings. The Labute approximate surface area is 219 Å². The van der Waals surface area contributed by atoms with Crippen molar-refractivity contribution >= 4 is 74.5 Å². The first kappa shape index (κ1) is 25.7. The van der Waals surface area contributed by atoms with Crippen LogP contribution >= 0.6 is 62.3 Å². The number of rotatable bonds is 8. The maximum absolute atomic E-state index is 12.3. The highest BCUT2D eigenvalue weighted by molar-refractivity contribution is 9.10. The Morgan fingerprint density at radius 1 is 0.970 bits per heavy atom.